The second kappa shape index (κ2) is 26.4. The lowest BCUT2D eigenvalue weighted by Crippen LogP contribution is -2.27. The Bertz CT molecular complexity index is 5120. The predicted octanol–water partition coefficient (Wildman–Crippen LogP) is 8.54. The average molecular weight is 1230 g/mol. The minimum Gasteiger partial charge on any atom is -0.192 e. The van der Waals surface area contributed by atoms with Crippen molar-refractivity contribution in [2.45, 2.75) is 24.7 Å². The van der Waals surface area contributed by atoms with Gasteiger partial charge in [0.05, 0.1) is 135 Å². The molecule has 6 aromatic rings. The third-order valence-electron chi connectivity index (χ3n) is 12.7. The van der Waals surface area contributed by atoms with Gasteiger partial charge >= 0.3 is 24.7 Å². The van der Waals surface area contributed by atoms with Crippen LogP contribution in [0.5, 0.6) is 0 Å². The summed E-state index contributed by atoms with van der Waals surface area (Å²) in [5.41, 5.74) is -25.7. The Morgan fingerprint density at radius 3 is 0.565 bits per heavy atom. The Morgan fingerprint density at radius 2 is 0.402 bits per heavy atom. The first-order chi connectivity index (χ1) is 43.4. The van der Waals surface area contributed by atoms with Gasteiger partial charge in [0.25, 0.3) is 0 Å². The summed E-state index contributed by atoms with van der Waals surface area (Å²) < 4.78 is 169. The maximum absolute atomic E-state index is 14.1. The molecule has 92 heavy (non-hydrogen) atoms. The molecule has 0 unspecified atom stereocenters. The van der Waals surface area contributed by atoms with E-state index in [1.807, 2.05) is 0 Å². The molecular formula is C62H10F12N18. The van der Waals surface area contributed by atoms with Gasteiger partial charge in [-0.3, -0.25) is 0 Å². The van der Waals surface area contributed by atoms with Crippen LogP contribution >= 0.6 is 0 Å². The number of alkyl halides is 12. The zero-order valence-electron chi connectivity index (χ0n) is 44.4. The minimum absolute atomic E-state index is 0.265. The molecule has 6 aromatic carbocycles. The Morgan fingerprint density at radius 1 is 0.217 bits per heavy atom. The average Bonchev–Trinajstić information content (AvgIpc) is 0.762. The minimum atomic E-state index is -5.27. The summed E-state index contributed by atoms with van der Waals surface area (Å²) in [7, 11) is 0. The number of hydrogen-bond donors (Lipinski definition) is 0. The molecule has 0 atom stereocenters. The molecule has 6 rings (SSSR count). The smallest absolute Gasteiger partial charge is 0.192 e. The van der Waals surface area contributed by atoms with Crippen LogP contribution in [-0.4, -0.2) is 0 Å². The van der Waals surface area contributed by atoms with Crippen molar-refractivity contribution in [3.05, 3.63) is 204 Å². The van der Waals surface area contributed by atoms with Crippen LogP contribution in [0.15, 0.2) is 60.7 Å². The van der Waals surface area contributed by atoms with E-state index in [4.69, 9.17) is 0 Å². The summed E-state index contributed by atoms with van der Waals surface area (Å²) in [4.78, 5) is 0. The summed E-state index contributed by atoms with van der Waals surface area (Å²) in [6.45, 7) is 0. The van der Waals surface area contributed by atoms with Gasteiger partial charge in [0.15, 0.2) is 0 Å². The van der Waals surface area contributed by atoms with E-state index in [1.54, 1.807) is 0 Å². The maximum atomic E-state index is 14.1. The van der Waals surface area contributed by atoms with Crippen molar-refractivity contribution < 1.29 is 52.7 Å². The summed E-state index contributed by atoms with van der Waals surface area (Å²) in [6, 6.07) is 30.6. The van der Waals surface area contributed by atoms with Gasteiger partial charge in [0.1, 0.15) is 97.1 Å². The molecule has 30 heteroatoms. The molecule has 0 aliphatic carbocycles. The Kier molecular flexibility index (Phi) is 19.4. The molecule has 0 bridgehead atoms. The highest BCUT2D eigenvalue weighted by Crippen LogP contribution is 2.40. The van der Waals surface area contributed by atoms with Crippen molar-refractivity contribution in [3.8, 4) is 109 Å². The van der Waals surface area contributed by atoms with Crippen molar-refractivity contribution in [1.29, 1.82) is 94.7 Å². The van der Waals surface area contributed by atoms with Gasteiger partial charge in [-0.25, -0.2) is 0 Å². The zero-order chi connectivity index (χ0) is 69.1. The fourth-order valence-electron chi connectivity index (χ4n) is 8.85. The van der Waals surface area contributed by atoms with Crippen molar-refractivity contribution in [1.82, 2.24) is 0 Å². The van der Waals surface area contributed by atoms with E-state index in [1.165, 1.54) is 109 Å². The molecular weight excluding hydrogens is 1220 g/mol. The summed E-state index contributed by atoms with van der Waals surface area (Å²) in [5, 5.41) is 171. The van der Waals surface area contributed by atoms with Crippen LogP contribution in [0.4, 0.5) is 52.7 Å². The Hall–Kier alpha value is -15.2. The van der Waals surface area contributed by atoms with E-state index in [-0.39, 0.29) is 24.3 Å². The monoisotopic (exact) mass is 1230 g/mol. The second-order valence-corrected chi connectivity index (χ2v) is 17.5. The topological polar surface area (TPSA) is 428 Å². The number of rotatable bonds is 4. The molecule has 0 spiro atoms. The normalized spacial score (nSPS) is 11.8. The number of hydrogen-bond acceptors (Lipinski definition) is 18. The van der Waals surface area contributed by atoms with E-state index in [0.717, 1.165) is 0 Å². The van der Waals surface area contributed by atoms with Gasteiger partial charge in [-0.1, -0.05) is 0 Å². The van der Waals surface area contributed by atoms with Gasteiger partial charge in [-0.05, 0) is 60.7 Å². The van der Waals surface area contributed by atoms with E-state index in [2.05, 4.69) is 0 Å². The number of nitriles is 18. The molecule has 0 aromatic heterocycles. The SMILES string of the molecule is N#C/C(c1cc(C#N)c(C#N)cc1C(F)(F)F)=c1/c(C#N)c/c(=C(\C#N)c2cc(C#N)c(C#N)cc2C(F)(F)F)c(C#N)c1C#N.N#C/C(c1cc(C#N)c(C#N)cc1C(F)(F)F)=c1/cc(C#N)/c(=C(/C#N)c2cc(C#N)c(C#N)cc2C(F)(F)F)c(C#N)c1C#N. The van der Waals surface area contributed by atoms with Crippen molar-refractivity contribution >= 4 is 22.3 Å². The quantitative estimate of drug-likeness (QED) is 0.149. The molecule has 0 saturated carbocycles. The highest BCUT2D eigenvalue weighted by Gasteiger charge is 2.40. The van der Waals surface area contributed by atoms with E-state index in [9.17, 15) is 147 Å². The predicted molar refractivity (Wildman–Crippen MR) is 276 cm³/mol. The fraction of sp³-hybridized carbons (Fsp3) is 0.0645. The number of halogens is 12. The molecule has 0 saturated heterocycles. The van der Waals surface area contributed by atoms with E-state index >= 15 is 0 Å². The first-order valence-electron chi connectivity index (χ1n) is 23.6. The molecule has 0 radical (unpaired) electrons. The zero-order valence-corrected chi connectivity index (χ0v) is 44.4. The van der Waals surface area contributed by atoms with Crippen molar-refractivity contribution in [2.75, 3.05) is 0 Å². The first kappa shape index (κ1) is 67.6. The van der Waals surface area contributed by atoms with Crippen LogP contribution in [0, 0.1) is 204 Å². The maximum Gasteiger partial charge on any atom is 0.417 e. The highest BCUT2D eigenvalue weighted by molar-refractivity contribution is 5.88. The molecule has 0 heterocycles. The lowest BCUT2D eigenvalue weighted by molar-refractivity contribution is -0.138. The molecule has 432 valence electrons. The van der Waals surface area contributed by atoms with Crippen molar-refractivity contribution in [3.63, 3.8) is 0 Å². The summed E-state index contributed by atoms with van der Waals surface area (Å²) in [5.74, 6) is 0. The van der Waals surface area contributed by atoms with Crippen LogP contribution in [0.25, 0.3) is 22.3 Å². The van der Waals surface area contributed by atoms with Crippen LogP contribution < -0.4 is 20.9 Å². The molecule has 0 fully saturated rings. The van der Waals surface area contributed by atoms with Crippen LogP contribution in [0.2, 0.25) is 0 Å². The molecule has 0 amide bonds. The van der Waals surface area contributed by atoms with Crippen LogP contribution in [-0.2, 0) is 24.7 Å². The lowest BCUT2D eigenvalue weighted by atomic mass is 9.87. The lowest BCUT2D eigenvalue weighted by Gasteiger charge is -2.15. The number of nitrogens with zero attached hydrogens (tertiary/aromatic N) is 18. The van der Waals surface area contributed by atoms with E-state index in [0.29, 0.717) is 36.4 Å². The molecule has 18 nitrogen and oxygen atoms in total. The fourth-order valence-corrected chi connectivity index (χ4v) is 8.85. The van der Waals surface area contributed by atoms with Crippen molar-refractivity contribution in [2.24, 2.45) is 0 Å². The van der Waals surface area contributed by atoms with Gasteiger partial charge < -0.3 is 0 Å². The third kappa shape index (κ3) is 12.5. The van der Waals surface area contributed by atoms with Gasteiger partial charge in [-0.15, -0.1) is 0 Å². The highest BCUT2D eigenvalue weighted by atomic mass is 19.4. The second-order valence-electron chi connectivity index (χ2n) is 17.5. The first-order valence-corrected chi connectivity index (χ1v) is 23.6. The Labute approximate surface area is 506 Å². The molecule has 0 N–H and O–H groups in total. The van der Waals surface area contributed by atoms with Crippen LogP contribution in [0.3, 0.4) is 0 Å². The number of benzene rings is 6. The van der Waals surface area contributed by atoms with Gasteiger partial charge in [0.2, 0.25) is 0 Å². The third-order valence-corrected chi connectivity index (χ3v) is 12.7. The van der Waals surface area contributed by atoms with E-state index < -0.39 is 190 Å². The Balaban J connectivity index is 0.000000334. The van der Waals surface area contributed by atoms with Gasteiger partial charge in [0, 0.05) is 43.1 Å². The van der Waals surface area contributed by atoms with Gasteiger partial charge in [-0.2, -0.15) is 147 Å². The largest absolute Gasteiger partial charge is 0.417 e. The standard InChI is InChI=1S/2C31H5F6N9/c2*32-30(33,34)27-4-17(8-40)15(6-38)1-21(27)23(11-43)20-3-19(10-42)29(26(14-46)24(20)12-44)25(13-45)22-2-16(7-39)18(9-41)5-28(22)31(35,36)37/h2*1-5H/b23-20+,29-25+;23-20-,29-25+. The van der Waals surface area contributed by atoms with Crippen LogP contribution in [0.1, 0.15) is 122 Å². The summed E-state index contributed by atoms with van der Waals surface area (Å²) >= 11 is 0. The molecule has 0 aliphatic heterocycles. The molecule has 0 aliphatic rings. The summed E-state index contributed by atoms with van der Waals surface area (Å²) in [6.07, 6.45) is -21.0.